The first kappa shape index (κ1) is 17.2. The average Bonchev–Trinajstić information content (AvgIpc) is 3.15. The molecule has 128 valence electrons. The minimum absolute atomic E-state index is 0.296. The molecule has 0 saturated carbocycles. The predicted octanol–water partition coefficient (Wildman–Crippen LogP) is 3.16. The molecule has 25 heavy (non-hydrogen) atoms. The van der Waals surface area contributed by atoms with Crippen molar-refractivity contribution in [1.82, 2.24) is 14.3 Å². The number of hydrogen-bond donors (Lipinski definition) is 0. The van der Waals surface area contributed by atoms with Gasteiger partial charge in [0.05, 0.1) is 22.5 Å². The van der Waals surface area contributed by atoms with Gasteiger partial charge < -0.3 is 4.57 Å². The number of thiazole rings is 1. The first-order valence-electron chi connectivity index (χ1n) is 8.26. The quantitative estimate of drug-likeness (QED) is 0.677. The van der Waals surface area contributed by atoms with Crippen LogP contribution in [0.3, 0.4) is 0 Å². The molecule has 0 spiro atoms. The lowest BCUT2D eigenvalue weighted by Gasteiger charge is -2.01. The van der Waals surface area contributed by atoms with Crippen molar-refractivity contribution in [3.8, 4) is 12.3 Å². The van der Waals surface area contributed by atoms with Gasteiger partial charge in [0.1, 0.15) is 5.69 Å². The van der Waals surface area contributed by atoms with E-state index in [1.807, 2.05) is 24.5 Å². The first-order valence-corrected chi connectivity index (χ1v) is 9.08. The number of carbonyl (C=O) groups excluding carboxylic acids is 1. The molecule has 0 radical (unpaired) electrons. The molecule has 0 fully saturated rings. The van der Waals surface area contributed by atoms with Crippen molar-refractivity contribution in [1.29, 1.82) is 0 Å². The molecule has 0 saturated heterocycles. The Morgan fingerprint density at radius 2 is 2.16 bits per heavy atom. The lowest BCUT2D eigenvalue weighted by Crippen LogP contribution is -2.18. The average molecular weight is 352 g/mol. The summed E-state index contributed by atoms with van der Waals surface area (Å²) in [4.78, 5) is 17.6. The van der Waals surface area contributed by atoms with E-state index in [1.165, 1.54) is 16.9 Å². The van der Waals surface area contributed by atoms with Crippen LogP contribution in [0.25, 0.3) is 10.2 Å². The number of benzene rings is 1. The molecular formula is C19H20N4OS. The van der Waals surface area contributed by atoms with Gasteiger partial charge in [0.25, 0.3) is 5.91 Å². The maximum atomic E-state index is 12.7. The summed E-state index contributed by atoms with van der Waals surface area (Å²) in [5.74, 6) is 2.36. The Morgan fingerprint density at radius 3 is 2.84 bits per heavy atom. The fourth-order valence-electron chi connectivity index (χ4n) is 2.77. The first-order chi connectivity index (χ1) is 12.1. The van der Waals surface area contributed by atoms with Crippen molar-refractivity contribution in [2.24, 2.45) is 4.99 Å². The van der Waals surface area contributed by atoms with E-state index in [1.54, 1.807) is 10.7 Å². The molecule has 0 aliphatic carbocycles. The standard InChI is InChI=1S/C19H20N4OS/c1-5-10-22-15-9-8-14(6-2)12-17(15)25-19(22)20-18(24)16-11-13(4)21-23(16)7-3/h1,8-9,11-12H,6-7,10H2,2-4H3. The van der Waals surface area contributed by atoms with Crippen molar-refractivity contribution < 1.29 is 4.79 Å². The fraction of sp³-hybridized carbons (Fsp3) is 0.316. The number of nitrogens with zero attached hydrogens (tertiary/aromatic N) is 4. The lowest BCUT2D eigenvalue weighted by molar-refractivity contribution is 0.0987. The molecule has 1 amide bonds. The maximum Gasteiger partial charge on any atom is 0.297 e. The van der Waals surface area contributed by atoms with Gasteiger partial charge in [-0.15, -0.1) is 6.42 Å². The molecule has 0 unspecified atom stereocenters. The van der Waals surface area contributed by atoms with Crippen LogP contribution in [-0.2, 0) is 19.5 Å². The Morgan fingerprint density at radius 1 is 1.36 bits per heavy atom. The van der Waals surface area contributed by atoms with Crippen LogP contribution in [0.2, 0.25) is 0 Å². The van der Waals surface area contributed by atoms with Gasteiger partial charge in [-0.05, 0) is 44.0 Å². The highest BCUT2D eigenvalue weighted by Crippen LogP contribution is 2.19. The Hall–Kier alpha value is -2.65. The van der Waals surface area contributed by atoms with Crippen molar-refractivity contribution >= 4 is 27.5 Å². The van der Waals surface area contributed by atoms with Crippen LogP contribution in [0.5, 0.6) is 0 Å². The van der Waals surface area contributed by atoms with E-state index < -0.39 is 0 Å². The van der Waals surface area contributed by atoms with E-state index in [-0.39, 0.29) is 5.91 Å². The number of carbonyl (C=O) groups is 1. The monoisotopic (exact) mass is 352 g/mol. The minimum atomic E-state index is -0.296. The summed E-state index contributed by atoms with van der Waals surface area (Å²) in [6.07, 6.45) is 6.48. The van der Waals surface area contributed by atoms with Crippen LogP contribution in [0, 0.1) is 19.3 Å². The molecule has 0 atom stereocenters. The second-order valence-electron chi connectivity index (χ2n) is 5.73. The second-order valence-corrected chi connectivity index (χ2v) is 6.74. The fourth-order valence-corrected chi connectivity index (χ4v) is 3.86. The number of aromatic nitrogens is 3. The van der Waals surface area contributed by atoms with Crippen LogP contribution >= 0.6 is 11.3 Å². The molecule has 2 heterocycles. The molecule has 0 aliphatic heterocycles. The van der Waals surface area contributed by atoms with Gasteiger partial charge >= 0.3 is 0 Å². The minimum Gasteiger partial charge on any atom is -0.305 e. The van der Waals surface area contributed by atoms with Crippen molar-refractivity contribution in [2.75, 3.05) is 0 Å². The molecule has 3 rings (SSSR count). The summed E-state index contributed by atoms with van der Waals surface area (Å²) in [7, 11) is 0. The van der Waals surface area contributed by atoms with Gasteiger partial charge in [-0.1, -0.05) is 30.2 Å². The molecule has 1 aromatic carbocycles. The SMILES string of the molecule is C#CCn1c(=NC(=O)c2cc(C)nn2CC)sc2cc(CC)ccc21. The number of hydrogen-bond acceptors (Lipinski definition) is 3. The summed E-state index contributed by atoms with van der Waals surface area (Å²) >= 11 is 1.49. The van der Waals surface area contributed by atoms with Crippen LogP contribution in [0.1, 0.15) is 35.6 Å². The third kappa shape index (κ3) is 3.28. The van der Waals surface area contributed by atoms with E-state index >= 15 is 0 Å². The smallest absolute Gasteiger partial charge is 0.297 e. The Labute approximate surface area is 150 Å². The number of rotatable bonds is 4. The van der Waals surface area contributed by atoms with Gasteiger partial charge in [0, 0.05) is 6.54 Å². The highest BCUT2D eigenvalue weighted by molar-refractivity contribution is 7.16. The molecule has 5 nitrogen and oxygen atoms in total. The van der Waals surface area contributed by atoms with Crippen molar-refractivity contribution in [3.05, 3.63) is 46.0 Å². The van der Waals surface area contributed by atoms with Gasteiger partial charge in [0.2, 0.25) is 0 Å². The molecule has 3 aromatic rings. The van der Waals surface area contributed by atoms with Crippen LogP contribution < -0.4 is 4.80 Å². The zero-order chi connectivity index (χ0) is 18.0. The third-order valence-corrected chi connectivity index (χ3v) is 5.06. The van der Waals surface area contributed by atoms with Gasteiger partial charge in [-0.3, -0.25) is 9.48 Å². The Bertz CT molecular complexity index is 1050. The van der Waals surface area contributed by atoms with E-state index in [9.17, 15) is 4.79 Å². The molecule has 0 N–H and O–H groups in total. The lowest BCUT2D eigenvalue weighted by atomic mass is 10.2. The number of terminal acetylenes is 1. The van der Waals surface area contributed by atoms with Crippen molar-refractivity contribution in [2.45, 2.75) is 40.3 Å². The van der Waals surface area contributed by atoms with Gasteiger partial charge in [0.15, 0.2) is 4.80 Å². The van der Waals surface area contributed by atoms with Crippen LogP contribution in [-0.4, -0.2) is 20.3 Å². The van der Waals surface area contributed by atoms with E-state index in [0.717, 1.165) is 22.3 Å². The molecule has 0 aliphatic rings. The molecule has 2 aromatic heterocycles. The number of amides is 1. The van der Waals surface area contributed by atoms with Crippen LogP contribution in [0.15, 0.2) is 29.3 Å². The van der Waals surface area contributed by atoms with E-state index in [2.05, 4.69) is 35.1 Å². The van der Waals surface area contributed by atoms with Gasteiger partial charge in [-0.25, -0.2) is 0 Å². The van der Waals surface area contributed by atoms with Crippen LogP contribution in [0.4, 0.5) is 0 Å². The summed E-state index contributed by atoms with van der Waals surface area (Å²) in [5.41, 5.74) is 3.56. The summed E-state index contributed by atoms with van der Waals surface area (Å²) in [6, 6.07) is 8.04. The molecular weight excluding hydrogens is 332 g/mol. The summed E-state index contributed by atoms with van der Waals surface area (Å²) < 4.78 is 4.67. The number of aryl methyl sites for hydroxylation is 3. The Balaban J connectivity index is 2.16. The highest BCUT2D eigenvalue weighted by Gasteiger charge is 2.14. The largest absolute Gasteiger partial charge is 0.305 e. The van der Waals surface area contributed by atoms with E-state index in [0.29, 0.717) is 23.6 Å². The third-order valence-electron chi connectivity index (χ3n) is 4.02. The van der Waals surface area contributed by atoms with Crippen molar-refractivity contribution in [3.63, 3.8) is 0 Å². The predicted molar refractivity (Wildman–Crippen MR) is 101 cm³/mol. The van der Waals surface area contributed by atoms with E-state index in [4.69, 9.17) is 6.42 Å². The maximum absolute atomic E-state index is 12.7. The number of fused-ring (bicyclic) bond motifs is 1. The highest BCUT2D eigenvalue weighted by atomic mass is 32.1. The molecule has 0 bridgehead atoms. The zero-order valence-electron chi connectivity index (χ0n) is 14.6. The normalized spacial score (nSPS) is 11.8. The topological polar surface area (TPSA) is 52.2 Å². The summed E-state index contributed by atoms with van der Waals surface area (Å²) in [5, 5.41) is 4.32. The van der Waals surface area contributed by atoms with Gasteiger partial charge in [-0.2, -0.15) is 10.1 Å². The zero-order valence-corrected chi connectivity index (χ0v) is 15.4. The Kier molecular flexibility index (Phi) is 4.86. The summed E-state index contributed by atoms with van der Waals surface area (Å²) in [6.45, 7) is 6.94. The molecule has 6 heteroatoms. The second kappa shape index (κ2) is 7.08.